The van der Waals surface area contributed by atoms with Crippen molar-refractivity contribution in [1.29, 1.82) is 0 Å². The van der Waals surface area contributed by atoms with Crippen molar-refractivity contribution < 1.29 is 18.7 Å². The normalized spacial score (nSPS) is 24.8. The summed E-state index contributed by atoms with van der Waals surface area (Å²) in [6.07, 6.45) is 5.63. The maximum absolute atomic E-state index is 13.5. The van der Waals surface area contributed by atoms with E-state index in [0.717, 1.165) is 45.3 Å². The van der Waals surface area contributed by atoms with E-state index in [4.69, 9.17) is 4.74 Å². The minimum atomic E-state index is -0.285. The topological polar surface area (TPSA) is 49.9 Å². The van der Waals surface area contributed by atoms with Gasteiger partial charge in [-0.15, -0.1) is 0 Å². The summed E-state index contributed by atoms with van der Waals surface area (Å²) >= 11 is 0. The molecule has 5 nitrogen and oxygen atoms in total. The van der Waals surface area contributed by atoms with Crippen LogP contribution in [0.4, 0.5) is 4.39 Å². The van der Waals surface area contributed by atoms with Gasteiger partial charge in [-0.3, -0.25) is 9.59 Å². The number of carbonyl (C=O) groups is 2. The molecule has 1 aromatic carbocycles. The second kappa shape index (κ2) is 7.82. The number of carbonyl (C=O) groups excluding carboxylic acids is 2. The molecule has 0 bridgehead atoms. The predicted octanol–water partition coefficient (Wildman–Crippen LogP) is 3.16. The van der Waals surface area contributed by atoms with Crippen LogP contribution in [0, 0.1) is 18.2 Å². The standard InChI is InChI=1S/C22H29FN2O3/c1-16-13-17(4-5-19(16)23)21(27)24-10-8-22(9-11-24)7-6-20(26)25(15-22)14-18-3-2-12-28-18/h4-5,13,18H,2-3,6-12,14-15H2,1H3/t18-/m1/s1. The number of hydrogen-bond acceptors (Lipinski definition) is 3. The van der Waals surface area contributed by atoms with Gasteiger partial charge in [0.05, 0.1) is 6.10 Å². The Morgan fingerprint density at radius 2 is 2.07 bits per heavy atom. The van der Waals surface area contributed by atoms with Crippen molar-refractivity contribution in [3.05, 3.63) is 35.1 Å². The van der Waals surface area contributed by atoms with Crippen molar-refractivity contribution in [2.75, 3.05) is 32.8 Å². The molecule has 0 N–H and O–H groups in total. The number of nitrogens with zero attached hydrogens (tertiary/aromatic N) is 2. The number of rotatable bonds is 3. The molecule has 3 aliphatic heterocycles. The number of aryl methyl sites for hydroxylation is 1. The van der Waals surface area contributed by atoms with E-state index < -0.39 is 0 Å². The first-order valence-corrected chi connectivity index (χ1v) is 10.4. The highest BCUT2D eigenvalue weighted by molar-refractivity contribution is 5.94. The van der Waals surface area contributed by atoms with E-state index in [1.54, 1.807) is 19.1 Å². The van der Waals surface area contributed by atoms with Crippen molar-refractivity contribution >= 4 is 11.8 Å². The van der Waals surface area contributed by atoms with Gasteiger partial charge in [0.2, 0.25) is 5.91 Å². The summed E-state index contributed by atoms with van der Waals surface area (Å²) in [7, 11) is 0. The van der Waals surface area contributed by atoms with E-state index in [2.05, 4.69) is 0 Å². The van der Waals surface area contributed by atoms with Gasteiger partial charge in [-0.1, -0.05) is 0 Å². The Balaban J connectivity index is 1.37. The Hall–Kier alpha value is -1.95. The van der Waals surface area contributed by atoms with Crippen LogP contribution in [0.25, 0.3) is 0 Å². The van der Waals surface area contributed by atoms with Crippen LogP contribution in [0.2, 0.25) is 0 Å². The largest absolute Gasteiger partial charge is 0.376 e. The lowest BCUT2D eigenvalue weighted by atomic mass is 9.72. The SMILES string of the molecule is Cc1cc(C(=O)N2CCC3(CCC(=O)N(C[C@H]4CCCO4)C3)CC2)ccc1F. The number of benzene rings is 1. The molecule has 3 fully saturated rings. The molecular formula is C22H29FN2O3. The van der Waals surface area contributed by atoms with Gasteiger partial charge in [-0.05, 0) is 68.2 Å². The minimum Gasteiger partial charge on any atom is -0.376 e. The molecule has 0 saturated carbocycles. The van der Waals surface area contributed by atoms with Crippen LogP contribution in [0.3, 0.4) is 0 Å². The average molecular weight is 388 g/mol. The Labute approximate surface area is 165 Å². The molecule has 1 atom stereocenters. The van der Waals surface area contributed by atoms with Gasteiger partial charge in [-0.25, -0.2) is 4.39 Å². The number of likely N-dealkylation sites (tertiary alicyclic amines) is 2. The molecular weight excluding hydrogens is 359 g/mol. The van der Waals surface area contributed by atoms with Crippen molar-refractivity contribution in [2.45, 2.75) is 51.6 Å². The van der Waals surface area contributed by atoms with Crippen molar-refractivity contribution in [2.24, 2.45) is 5.41 Å². The van der Waals surface area contributed by atoms with Crippen molar-refractivity contribution in [3.8, 4) is 0 Å². The Morgan fingerprint density at radius 3 is 2.75 bits per heavy atom. The third-order valence-corrected chi connectivity index (χ3v) is 6.71. The molecule has 152 valence electrons. The van der Waals surface area contributed by atoms with Crippen LogP contribution in [-0.4, -0.2) is 60.5 Å². The fourth-order valence-corrected chi connectivity index (χ4v) is 4.86. The third kappa shape index (κ3) is 3.93. The molecule has 0 unspecified atom stereocenters. The van der Waals surface area contributed by atoms with Crippen LogP contribution in [-0.2, 0) is 9.53 Å². The molecule has 1 aromatic rings. The molecule has 28 heavy (non-hydrogen) atoms. The molecule has 0 radical (unpaired) electrons. The summed E-state index contributed by atoms with van der Waals surface area (Å²) in [5.74, 6) is -0.0742. The van der Waals surface area contributed by atoms with Gasteiger partial charge in [0.15, 0.2) is 0 Å². The lowest BCUT2D eigenvalue weighted by Crippen LogP contribution is -2.53. The molecule has 3 saturated heterocycles. The summed E-state index contributed by atoms with van der Waals surface area (Å²) < 4.78 is 19.2. The molecule has 3 heterocycles. The first kappa shape index (κ1) is 19.4. The van der Waals surface area contributed by atoms with Gasteiger partial charge in [0, 0.05) is 44.8 Å². The molecule has 6 heteroatoms. The Kier molecular flexibility index (Phi) is 5.41. The summed E-state index contributed by atoms with van der Waals surface area (Å²) in [5, 5.41) is 0. The predicted molar refractivity (Wildman–Crippen MR) is 103 cm³/mol. The minimum absolute atomic E-state index is 0.0268. The van der Waals surface area contributed by atoms with Crippen LogP contribution >= 0.6 is 0 Å². The lowest BCUT2D eigenvalue weighted by Gasteiger charge is -2.47. The maximum atomic E-state index is 13.5. The summed E-state index contributed by atoms with van der Waals surface area (Å²) in [6.45, 7) is 5.35. The van der Waals surface area contributed by atoms with Crippen molar-refractivity contribution in [1.82, 2.24) is 9.80 Å². The van der Waals surface area contributed by atoms with Gasteiger partial charge in [0.1, 0.15) is 5.82 Å². The Bertz CT molecular complexity index is 752. The molecule has 4 rings (SSSR count). The van der Waals surface area contributed by atoms with E-state index in [1.807, 2.05) is 9.80 Å². The van der Waals surface area contributed by atoms with Crippen molar-refractivity contribution in [3.63, 3.8) is 0 Å². The van der Waals surface area contributed by atoms with Gasteiger partial charge in [0.25, 0.3) is 5.91 Å². The second-order valence-electron chi connectivity index (χ2n) is 8.67. The summed E-state index contributed by atoms with van der Waals surface area (Å²) in [5.41, 5.74) is 1.16. The first-order valence-electron chi connectivity index (χ1n) is 10.4. The van der Waals surface area contributed by atoms with Gasteiger partial charge in [-0.2, -0.15) is 0 Å². The van der Waals surface area contributed by atoms with Crippen LogP contribution in [0.15, 0.2) is 18.2 Å². The fraction of sp³-hybridized carbons (Fsp3) is 0.636. The van der Waals surface area contributed by atoms with Crippen LogP contribution in [0.5, 0.6) is 0 Å². The highest BCUT2D eigenvalue weighted by Crippen LogP contribution is 2.40. The first-order chi connectivity index (χ1) is 13.5. The van der Waals surface area contributed by atoms with E-state index in [9.17, 15) is 14.0 Å². The molecule has 0 aromatic heterocycles. The molecule has 3 aliphatic rings. The quantitative estimate of drug-likeness (QED) is 0.799. The Morgan fingerprint density at radius 1 is 1.29 bits per heavy atom. The molecule has 1 spiro atoms. The molecule has 2 amide bonds. The lowest BCUT2D eigenvalue weighted by molar-refractivity contribution is -0.141. The number of piperidine rings is 2. The number of halogens is 1. The highest BCUT2D eigenvalue weighted by atomic mass is 19.1. The highest BCUT2D eigenvalue weighted by Gasteiger charge is 2.42. The zero-order valence-electron chi connectivity index (χ0n) is 16.6. The van der Waals surface area contributed by atoms with Gasteiger partial charge < -0.3 is 14.5 Å². The van der Waals surface area contributed by atoms with E-state index in [0.29, 0.717) is 37.2 Å². The third-order valence-electron chi connectivity index (χ3n) is 6.71. The summed E-state index contributed by atoms with van der Waals surface area (Å²) in [4.78, 5) is 29.1. The number of ether oxygens (including phenoxy) is 1. The zero-order chi connectivity index (χ0) is 19.7. The van der Waals surface area contributed by atoms with E-state index in [-0.39, 0.29) is 29.2 Å². The number of hydrogen-bond donors (Lipinski definition) is 0. The number of amides is 2. The van der Waals surface area contributed by atoms with Crippen LogP contribution in [0.1, 0.15) is 54.4 Å². The average Bonchev–Trinajstić information content (AvgIpc) is 3.20. The summed E-state index contributed by atoms with van der Waals surface area (Å²) in [6, 6.07) is 4.56. The second-order valence-corrected chi connectivity index (χ2v) is 8.67. The van der Waals surface area contributed by atoms with Gasteiger partial charge >= 0.3 is 0 Å². The maximum Gasteiger partial charge on any atom is 0.253 e. The van der Waals surface area contributed by atoms with E-state index >= 15 is 0 Å². The van der Waals surface area contributed by atoms with E-state index in [1.165, 1.54) is 6.07 Å². The fourth-order valence-electron chi connectivity index (χ4n) is 4.86. The molecule has 0 aliphatic carbocycles. The monoisotopic (exact) mass is 388 g/mol. The smallest absolute Gasteiger partial charge is 0.253 e. The zero-order valence-corrected chi connectivity index (χ0v) is 16.6. The van der Waals surface area contributed by atoms with Crippen LogP contribution < -0.4 is 0 Å².